The SMILES string of the molecule is CCn1cc(Nc2nccn(C3CC3)c2=O)cn1. The molecule has 0 aromatic carbocycles. The Kier molecular flexibility index (Phi) is 2.62. The van der Waals surface area contributed by atoms with Gasteiger partial charge in [0.1, 0.15) is 0 Å². The quantitative estimate of drug-likeness (QED) is 0.887. The Hall–Kier alpha value is -2.11. The normalized spacial score (nSPS) is 14.7. The summed E-state index contributed by atoms with van der Waals surface area (Å²) in [5, 5.41) is 7.17. The molecule has 1 N–H and O–H groups in total. The summed E-state index contributed by atoms with van der Waals surface area (Å²) in [4.78, 5) is 16.2. The zero-order valence-corrected chi connectivity index (χ0v) is 10.2. The largest absolute Gasteiger partial charge is 0.333 e. The lowest BCUT2D eigenvalue weighted by atomic mass is 10.5. The summed E-state index contributed by atoms with van der Waals surface area (Å²) >= 11 is 0. The third kappa shape index (κ3) is 2.01. The van der Waals surface area contributed by atoms with E-state index < -0.39 is 0 Å². The number of rotatable bonds is 4. The lowest BCUT2D eigenvalue weighted by Gasteiger charge is -2.06. The summed E-state index contributed by atoms with van der Waals surface area (Å²) in [5.74, 6) is 0.361. The second-order valence-corrected chi connectivity index (χ2v) is 4.43. The van der Waals surface area contributed by atoms with Gasteiger partial charge in [-0.05, 0) is 19.8 Å². The summed E-state index contributed by atoms with van der Waals surface area (Å²) in [6, 6.07) is 0.361. The average molecular weight is 245 g/mol. The molecule has 0 unspecified atom stereocenters. The van der Waals surface area contributed by atoms with Gasteiger partial charge in [-0.25, -0.2) is 4.98 Å². The predicted molar refractivity (Wildman–Crippen MR) is 68.0 cm³/mol. The summed E-state index contributed by atoms with van der Waals surface area (Å²) in [6.45, 7) is 2.81. The molecule has 94 valence electrons. The highest BCUT2D eigenvalue weighted by Crippen LogP contribution is 2.33. The van der Waals surface area contributed by atoms with Crippen molar-refractivity contribution in [1.29, 1.82) is 0 Å². The maximum absolute atomic E-state index is 12.1. The Balaban J connectivity index is 1.88. The van der Waals surface area contributed by atoms with E-state index >= 15 is 0 Å². The van der Waals surface area contributed by atoms with E-state index in [2.05, 4.69) is 15.4 Å². The van der Waals surface area contributed by atoms with Crippen LogP contribution < -0.4 is 10.9 Å². The molecule has 0 radical (unpaired) electrons. The van der Waals surface area contributed by atoms with Gasteiger partial charge in [0.2, 0.25) is 0 Å². The lowest BCUT2D eigenvalue weighted by molar-refractivity contribution is 0.660. The highest BCUT2D eigenvalue weighted by atomic mass is 16.1. The highest BCUT2D eigenvalue weighted by Gasteiger charge is 2.25. The van der Waals surface area contributed by atoms with Crippen molar-refractivity contribution < 1.29 is 0 Å². The molecular weight excluding hydrogens is 230 g/mol. The van der Waals surface area contributed by atoms with Crippen molar-refractivity contribution >= 4 is 11.5 Å². The minimum Gasteiger partial charge on any atom is -0.333 e. The number of hydrogen-bond acceptors (Lipinski definition) is 4. The number of anilines is 2. The molecule has 1 fully saturated rings. The van der Waals surface area contributed by atoms with E-state index in [1.54, 1.807) is 27.8 Å². The van der Waals surface area contributed by atoms with E-state index in [1.807, 2.05) is 13.1 Å². The van der Waals surface area contributed by atoms with E-state index in [0.717, 1.165) is 25.1 Å². The van der Waals surface area contributed by atoms with Crippen LogP contribution in [0.4, 0.5) is 11.5 Å². The van der Waals surface area contributed by atoms with Gasteiger partial charge >= 0.3 is 0 Å². The van der Waals surface area contributed by atoms with Crippen molar-refractivity contribution in [3.63, 3.8) is 0 Å². The van der Waals surface area contributed by atoms with Gasteiger partial charge in [-0.1, -0.05) is 0 Å². The molecular formula is C12H15N5O. The first-order chi connectivity index (χ1) is 8.78. The fraction of sp³-hybridized carbons (Fsp3) is 0.417. The fourth-order valence-electron chi connectivity index (χ4n) is 1.89. The van der Waals surface area contributed by atoms with Crippen molar-refractivity contribution in [2.24, 2.45) is 0 Å². The van der Waals surface area contributed by atoms with Gasteiger partial charge in [0, 0.05) is 31.2 Å². The molecule has 0 aliphatic heterocycles. The summed E-state index contributed by atoms with van der Waals surface area (Å²) in [6.07, 6.45) is 9.12. The molecule has 2 aromatic heterocycles. The second kappa shape index (κ2) is 4.29. The van der Waals surface area contributed by atoms with Crippen LogP contribution in [0.25, 0.3) is 0 Å². The van der Waals surface area contributed by atoms with Crippen molar-refractivity contribution in [3.05, 3.63) is 35.1 Å². The third-order valence-corrected chi connectivity index (χ3v) is 3.03. The monoisotopic (exact) mass is 245 g/mol. The summed E-state index contributed by atoms with van der Waals surface area (Å²) in [5.41, 5.74) is 0.722. The fourth-order valence-corrected chi connectivity index (χ4v) is 1.89. The molecule has 0 saturated heterocycles. The molecule has 0 atom stereocenters. The number of nitrogens with zero attached hydrogens (tertiary/aromatic N) is 4. The van der Waals surface area contributed by atoms with Crippen LogP contribution in [0, 0.1) is 0 Å². The first-order valence-corrected chi connectivity index (χ1v) is 6.14. The molecule has 6 nitrogen and oxygen atoms in total. The Bertz CT molecular complexity index is 611. The van der Waals surface area contributed by atoms with Crippen molar-refractivity contribution in [2.75, 3.05) is 5.32 Å². The second-order valence-electron chi connectivity index (χ2n) is 4.43. The molecule has 1 aliphatic carbocycles. The van der Waals surface area contributed by atoms with Crippen molar-refractivity contribution in [1.82, 2.24) is 19.3 Å². The molecule has 2 aromatic rings. The maximum atomic E-state index is 12.1. The van der Waals surface area contributed by atoms with E-state index in [1.165, 1.54) is 0 Å². The Morgan fingerprint density at radius 3 is 3.00 bits per heavy atom. The summed E-state index contributed by atoms with van der Waals surface area (Å²) < 4.78 is 3.55. The van der Waals surface area contributed by atoms with Crippen LogP contribution in [0.1, 0.15) is 25.8 Å². The van der Waals surface area contributed by atoms with Gasteiger partial charge in [-0.15, -0.1) is 0 Å². The number of aryl methyl sites for hydroxylation is 1. The van der Waals surface area contributed by atoms with Crippen LogP contribution >= 0.6 is 0 Å². The lowest BCUT2D eigenvalue weighted by Crippen LogP contribution is -2.22. The molecule has 6 heteroatoms. The van der Waals surface area contributed by atoms with E-state index in [-0.39, 0.29) is 5.56 Å². The van der Waals surface area contributed by atoms with Crippen molar-refractivity contribution in [3.8, 4) is 0 Å². The number of nitrogens with one attached hydrogen (secondary N) is 1. The number of aromatic nitrogens is 4. The maximum Gasteiger partial charge on any atom is 0.293 e. The van der Waals surface area contributed by atoms with Crippen LogP contribution in [-0.2, 0) is 6.54 Å². The van der Waals surface area contributed by atoms with E-state index in [4.69, 9.17) is 0 Å². The average Bonchev–Trinajstić information content (AvgIpc) is 3.12. The molecule has 2 heterocycles. The van der Waals surface area contributed by atoms with Crippen LogP contribution in [0.5, 0.6) is 0 Å². The zero-order valence-electron chi connectivity index (χ0n) is 10.2. The van der Waals surface area contributed by atoms with Gasteiger partial charge < -0.3 is 9.88 Å². The zero-order chi connectivity index (χ0) is 12.5. The van der Waals surface area contributed by atoms with E-state index in [0.29, 0.717) is 11.9 Å². The third-order valence-electron chi connectivity index (χ3n) is 3.03. The Labute approximate surface area is 104 Å². The van der Waals surface area contributed by atoms with Gasteiger partial charge in [0.25, 0.3) is 5.56 Å². The summed E-state index contributed by atoms with van der Waals surface area (Å²) in [7, 11) is 0. The standard InChI is InChI=1S/C12H15N5O/c1-2-16-8-9(7-14-16)15-11-12(18)17(6-5-13-11)10-3-4-10/h5-8,10H,2-4H2,1H3,(H,13,15). The molecule has 0 spiro atoms. The molecule has 18 heavy (non-hydrogen) atoms. The first kappa shape index (κ1) is 11.0. The van der Waals surface area contributed by atoms with Crippen LogP contribution in [-0.4, -0.2) is 19.3 Å². The van der Waals surface area contributed by atoms with E-state index in [9.17, 15) is 4.79 Å². The number of hydrogen-bond donors (Lipinski definition) is 1. The predicted octanol–water partition coefficient (Wildman–Crippen LogP) is 1.54. The first-order valence-electron chi connectivity index (χ1n) is 6.14. The van der Waals surface area contributed by atoms with Crippen molar-refractivity contribution in [2.45, 2.75) is 32.4 Å². The minimum absolute atomic E-state index is 0.0655. The Morgan fingerprint density at radius 1 is 1.50 bits per heavy atom. The van der Waals surface area contributed by atoms with Gasteiger partial charge in [-0.3, -0.25) is 9.48 Å². The van der Waals surface area contributed by atoms with Crippen LogP contribution in [0.15, 0.2) is 29.6 Å². The smallest absolute Gasteiger partial charge is 0.293 e. The molecule has 1 aliphatic rings. The minimum atomic E-state index is -0.0655. The van der Waals surface area contributed by atoms with Crippen LogP contribution in [0.3, 0.4) is 0 Å². The van der Waals surface area contributed by atoms with Gasteiger partial charge in [0.05, 0.1) is 11.9 Å². The molecule has 3 rings (SSSR count). The van der Waals surface area contributed by atoms with Gasteiger partial charge in [-0.2, -0.15) is 5.10 Å². The highest BCUT2D eigenvalue weighted by molar-refractivity contribution is 5.52. The van der Waals surface area contributed by atoms with Gasteiger partial charge in [0.15, 0.2) is 5.82 Å². The molecule has 1 saturated carbocycles. The van der Waals surface area contributed by atoms with Crippen LogP contribution in [0.2, 0.25) is 0 Å². The molecule has 0 bridgehead atoms. The molecule has 0 amide bonds. The Morgan fingerprint density at radius 2 is 2.33 bits per heavy atom. The topological polar surface area (TPSA) is 64.7 Å².